The molecule has 15 rings (SSSR count). The van der Waals surface area contributed by atoms with E-state index in [1.807, 2.05) is 11.3 Å². The molecule has 0 saturated heterocycles. The van der Waals surface area contributed by atoms with Gasteiger partial charge in [-0.3, -0.25) is 0 Å². The summed E-state index contributed by atoms with van der Waals surface area (Å²) in [5, 5.41) is 15.1. The van der Waals surface area contributed by atoms with E-state index in [4.69, 9.17) is 0 Å². The van der Waals surface area contributed by atoms with Crippen LogP contribution in [0.25, 0.3) is 124 Å². The molecule has 0 bridgehead atoms. The standard InChI is InChI=1S/C70H44N2S/c1-2-14-45(15-3-1)46-28-34-51(35-29-46)71(67-25-13-27-69-70(67)61-23-10-11-26-68(61)73-69)52-36-30-47(31-37-52)49-32-40-65-63(42-49)64-43-50(55-24-12-17-48-16-4-5-18-54(48)55)33-41-66(64)72(65)53-38-39-60-58-21-7-6-19-56(58)57-20-8-9-22-59(57)62(60)44-53/h1-44H. The molecule has 0 radical (unpaired) electrons. The Morgan fingerprint density at radius 2 is 0.781 bits per heavy atom. The third-order valence-electron chi connectivity index (χ3n) is 15.2. The van der Waals surface area contributed by atoms with Crippen LogP contribution in [0.2, 0.25) is 0 Å². The quantitative estimate of drug-likeness (QED) is 0.145. The van der Waals surface area contributed by atoms with Crippen LogP contribution in [0.15, 0.2) is 267 Å². The molecule has 13 aromatic carbocycles. The van der Waals surface area contributed by atoms with E-state index in [0.717, 1.165) is 17.1 Å². The van der Waals surface area contributed by atoms with Crippen LogP contribution in [0.5, 0.6) is 0 Å². The molecule has 0 saturated carbocycles. The number of aromatic nitrogens is 1. The topological polar surface area (TPSA) is 8.17 Å². The van der Waals surface area contributed by atoms with Crippen molar-refractivity contribution in [3.63, 3.8) is 0 Å². The zero-order chi connectivity index (χ0) is 48.0. The molecule has 0 spiro atoms. The Kier molecular flexibility index (Phi) is 9.48. The van der Waals surface area contributed by atoms with E-state index in [1.165, 1.54) is 124 Å². The molecule has 0 aliphatic carbocycles. The van der Waals surface area contributed by atoms with Crippen LogP contribution in [0, 0.1) is 0 Å². The number of fused-ring (bicyclic) bond motifs is 13. The zero-order valence-electron chi connectivity index (χ0n) is 39.7. The molecular formula is C70H44N2S. The maximum atomic E-state index is 2.48. The van der Waals surface area contributed by atoms with Crippen LogP contribution in [0.3, 0.4) is 0 Å². The number of thiophene rings is 1. The minimum Gasteiger partial charge on any atom is -0.310 e. The lowest BCUT2D eigenvalue weighted by molar-refractivity contribution is 1.19. The molecule has 2 aromatic heterocycles. The van der Waals surface area contributed by atoms with Crippen LogP contribution in [-0.2, 0) is 0 Å². The minimum absolute atomic E-state index is 1.10. The highest BCUT2D eigenvalue weighted by atomic mass is 32.1. The highest BCUT2D eigenvalue weighted by Crippen LogP contribution is 2.46. The monoisotopic (exact) mass is 944 g/mol. The summed E-state index contributed by atoms with van der Waals surface area (Å²) < 4.78 is 5.05. The van der Waals surface area contributed by atoms with E-state index < -0.39 is 0 Å². The summed E-state index contributed by atoms with van der Waals surface area (Å²) in [5.74, 6) is 0. The van der Waals surface area contributed by atoms with Gasteiger partial charge in [0.15, 0.2) is 0 Å². The molecule has 0 aliphatic heterocycles. The highest BCUT2D eigenvalue weighted by molar-refractivity contribution is 7.26. The molecule has 73 heavy (non-hydrogen) atoms. The molecule has 3 heteroatoms. The van der Waals surface area contributed by atoms with E-state index >= 15 is 0 Å². The fraction of sp³-hybridized carbons (Fsp3) is 0. The van der Waals surface area contributed by atoms with Crippen LogP contribution < -0.4 is 4.90 Å². The maximum Gasteiger partial charge on any atom is 0.0554 e. The summed E-state index contributed by atoms with van der Waals surface area (Å²) in [7, 11) is 0. The van der Waals surface area contributed by atoms with Crippen molar-refractivity contribution < 1.29 is 0 Å². The Labute approximate surface area is 426 Å². The van der Waals surface area contributed by atoms with Crippen LogP contribution in [-0.4, -0.2) is 4.57 Å². The second-order valence-electron chi connectivity index (χ2n) is 19.2. The lowest BCUT2D eigenvalue weighted by atomic mass is 9.94. The van der Waals surface area contributed by atoms with E-state index in [9.17, 15) is 0 Å². The summed E-state index contributed by atoms with van der Waals surface area (Å²) in [5.41, 5.74) is 14.1. The smallest absolute Gasteiger partial charge is 0.0554 e. The largest absolute Gasteiger partial charge is 0.310 e. The first-order valence-electron chi connectivity index (χ1n) is 25.1. The van der Waals surface area contributed by atoms with Crippen molar-refractivity contribution in [1.29, 1.82) is 0 Å². The molecular weight excluding hydrogens is 901 g/mol. The Bertz CT molecular complexity index is 4620. The van der Waals surface area contributed by atoms with E-state index in [0.29, 0.717) is 0 Å². The number of anilines is 3. The van der Waals surface area contributed by atoms with Gasteiger partial charge < -0.3 is 9.47 Å². The van der Waals surface area contributed by atoms with Gasteiger partial charge >= 0.3 is 0 Å². The summed E-state index contributed by atoms with van der Waals surface area (Å²) in [4.78, 5) is 2.43. The second-order valence-corrected chi connectivity index (χ2v) is 20.3. The number of rotatable bonds is 7. The Balaban J connectivity index is 0.899. The van der Waals surface area contributed by atoms with Crippen molar-refractivity contribution in [3.05, 3.63) is 267 Å². The zero-order valence-corrected chi connectivity index (χ0v) is 40.5. The summed E-state index contributed by atoms with van der Waals surface area (Å²) >= 11 is 1.86. The van der Waals surface area contributed by atoms with Gasteiger partial charge in [0.05, 0.1) is 16.7 Å². The van der Waals surface area contributed by atoms with Crippen molar-refractivity contribution >= 4 is 113 Å². The number of hydrogen-bond acceptors (Lipinski definition) is 2. The van der Waals surface area contributed by atoms with Crippen molar-refractivity contribution in [2.24, 2.45) is 0 Å². The average Bonchev–Trinajstić information content (AvgIpc) is 4.02. The van der Waals surface area contributed by atoms with Crippen molar-refractivity contribution in [2.45, 2.75) is 0 Å². The van der Waals surface area contributed by atoms with Gasteiger partial charge in [-0.25, -0.2) is 0 Å². The normalized spacial score (nSPS) is 11.8. The molecule has 0 aliphatic rings. The average molecular weight is 945 g/mol. The predicted molar refractivity (Wildman–Crippen MR) is 315 cm³/mol. The third kappa shape index (κ3) is 6.70. The van der Waals surface area contributed by atoms with Crippen LogP contribution in [0.4, 0.5) is 17.1 Å². The van der Waals surface area contributed by atoms with Crippen LogP contribution in [0.1, 0.15) is 0 Å². The fourth-order valence-corrected chi connectivity index (χ4v) is 12.9. The molecule has 340 valence electrons. The first kappa shape index (κ1) is 41.5. The predicted octanol–water partition coefficient (Wildman–Crippen LogP) is 20.2. The minimum atomic E-state index is 1.10. The van der Waals surface area contributed by atoms with Gasteiger partial charge in [0.1, 0.15) is 0 Å². The molecule has 0 unspecified atom stereocenters. The number of hydrogen-bond donors (Lipinski definition) is 0. The van der Waals surface area contributed by atoms with Gasteiger partial charge in [0.2, 0.25) is 0 Å². The number of nitrogens with zero attached hydrogens (tertiary/aromatic N) is 2. The second kappa shape index (κ2) is 16.7. The number of benzene rings is 13. The van der Waals surface area contributed by atoms with Gasteiger partial charge in [-0.1, -0.05) is 188 Å². The summed E-state index contributed by atoms with van der Waals surface area (Å²) in [6.45, 7) is 0. The molecule has 0 fully saturated rings. The van der Waals surface area contributed by atoms with Gasteiger partial charge in [-0.05, 0) is 155 Å². The molecule has 0 N–H and O–H groups in total. The van der Waals surface area contributed by atoms with Gasteiger partial charge in [0.25, 0.3) is 0 Å². The molecule has 2 nitrogen and oxygen atoms in total. The lowest BCUT2D eigenvalue weighted by Gasteiger charge is -2.27. The van der Waals surface area contributed by atoms with Crippen LogP contribution >= 0.6 is 11.3 Å². The van der Waals surface area contributed by atoms with Crippen molar-refractivity contribution in [2.75, 3.05) is 4.90 Å². The SMILES string of the molecule is c1ccc(-c2ccc(N(c3ccc(-c4ccc5c(c4)c4cc(-c6cccc7ccccc67)ccc4n5-c4ccc5c6ccccc6c6ccccc6c5c4)cc3)c3cccc4sc5ccccc5c34)cc2)cc1. The van der Waals surface area contributed by atoms with Gasteiger partial charge in [-0.2, -0.15) is 0 Å². The molecule has 2 heterocycles. The van der Waals surface area contributed by atoms with Crippen molar-refractivity contribution in [1.82, 2.24) is 4.57 Å². The molecule has 0 atom stereocenters. The fourth-order valence-electron chi connectivity index (χ4n) is 11.8. The Hall–Kier alpha value is -9.28. The highest BCUT2D eigenvalue weighted by Gasteiger charge is 2.21. The Morgan fingerprint density at radius 1 is 0.288 bits per heavy atom. The van der Waals surface area contributed by atoms with Gasteiger partial charge in [0, 0.05) is 48.0 Å². The van der Waals surface area contributed by atoms with Crippen molar-refractivity contribution in [3.8, 4) is 39.1 Å². The Morgan fingerprint density at radius 3 is 1.48 bits per heavy atom. The maximum absolute atomic E-state index is 2.48. The molecule has 0 amide bonds. The first-order chi connectivity index (χ1) is 36.2. The molecule has 15 aromatic rings. The van der Waals surface area contributed by atoms with Gasteiger partial charge in [-0.15, -0.1) is 11.3 Å². The summed E-state index contributed by atoms with van der Waals surface area (Å²) in [6, 6.07) is 98.6. The summed E-state index contributed by atoms with van der Waals surface area (Å²) in [6.07, 6.45) is 0. The van der Waals surface area contributed by atoms with E-state index in [1.54, 1.807) is 0 Å². The first-order valence-corrected chi connectivity index (χ1v) is 25.9. The lowest BCUT2D eigenvalue weighted by Crippen LogP contribution is -2.10. The van der Waals surface area contributed by atoms with E-state index in [-0.39, 0.29) is 0 Å². The van der Waals surface area contributed by atoms with E-state index in [2.05, 4.69) is 276 Å². The third-order valence-corrected chi connectivity index (χ3v) is 16.3.